The molecule has 0 aromatic heterocycles. The topological polar surface area (TPSA) is 0 Å². The molecular weight excluding hydrogens is 214 g/mol. The molecule has 0 unspecified atom stereocenters. The van der Waals surface area contributed by atoms with Crippen molar-refractivity contribution in [1.82, 2.24) is 0 Å². The molecule has 0 fully saturated rings. The van der Waals surface area contributed by atoms with Gasteiger partial charge in [0.15, 0.2) is 0 Å². The van der Waals surface area contributed by atoms with Crippen LogP contribution in [0.3, 0.4) is 0 Å². The van der Waals surface area contributed by atoms with E-state index in [2.05, 4.69) is 0 Å². The van der Waals surface area contributed by atoms with E-state index < -0.39 is 0 Å². The van der Waals surface area contributed by atoms with Crippen LogP contribution in [-0.4, -0.2) is 11.0 Å². The second-order valence-electron chi connectivity index (χ2n) is 0. The number of hydrogen-bond acceptors (Lipinski definition) is 0. The van der Waals surface area contributed by atoms with Crippen molar-refractivity contribution in [3.63, 3.8) is 0 Å². The van der Waals surface area contributed by atoms with Crippen LogP contribution in [-0.2, 0) is 26.2 Å². The average Bonchev–Trinajstić information content (AvgIpc) is 0. The zero-order valence-electron chi connectivity index (χ0n) is 4.26. The Bertz CT molecular complexity index is 11.5. The Balaban J connectivity index is 0. The van der Waals surface area contributed by atoms with E-state index in [-0.39, 0.29) is 76.8 Å². The van der Waals surface area contributed by atoms with E-state index in [0.717, 1.165) is 0 Å². The average molecular weight is 223 g/mol. The summed E-state index contributed by atoms with van der Waals surface area (Å²) in [7, 11) is 0. The first kappa shape index (κ1) is 121. The Morgan fingerprint density at radius 2 is 0.667 bits per heavy atom. The zero-order valence-corrected chi connectivity index (χ0v) is 10.2. The molecule has 0 heterocycles. The number of halogens is 2. The quantitative estimate of drug-likeness (QED) is 0.283. The largest absolute Gasteiger partial charge is 4.00 e. The SMILES string of the molecule is [CH3-].[CH3-].[Cl-].[Cl-].[SiH3].[Zr+4]. The third kappa shape index (κ3) is 44.1. The first-order valence-corrected chi connectivity index (χ1v) is 0. The van der Waals surface area contributed by atoms with Gasteiger partial charge >= 0.3 is 26.2 Å². The van der Waals surface area contributed by atoms with Crippen molar-refractivity contribution in [2.24, 2.45) is 0 Å². The summed E-state index contributed by atoms with van der Waals surface area (Å²) in [5, 5.41) is 0. The Morgan fingerprint density at radius 3 is 0.667 bits per heavy atom. The Labute approximate surface area is 76.4 Å². The molecule has 0 aliphatic rings. The molecule has 0 aromatic rings. The van der Waals surface area contributed by atoms with E-state index in [1.165, 1.54) is 0 Å². The summed E-state index contributed by atoms with van der Waals surface area (Å²) in [6.07, 6.45) is 0. The van der Waals surface area contributed by atoms with Crippen molar-refractivity contribution in [1.29, 1.82) is 0 Å². The first-order valence-electron chi connectivity index (χ1n) is 0. The monoisotopic (exact) mass is 221 g/mol. The Hall–Kier alpha value is 1.68. The zero-order chi connectivity index (χ0) is 0. The van der Waals surface area contributed by atoms with Crippen LogP contribution >= 0.6 is 0 Å². The molecular formula is C2H9Cl2SiZr. The minimum Gasteiger partial charge on any atom is -1.00 e. The van der Waals surface area contributed by atoms with E-state index in [1.807, 2.05) is 0 Å². The molecule has 4 heteroatoms. The van der Waals surface area contributed by atoms with E-state index in [0.29, 0.717) is 0 Å². The maximum atomic E-state index is 0. The molecule has 0 aliphatic heterocycles. The second kappa shape index (κ2) is 76.4. The summed E-state index contributed by atoms with van der Waals surface area (Å²) in [5.74, 6) is 0. The molecule has 0 amide bonds. The molecule has 0 aromatic carbocycles. The molecule has 1 radical (unpaired) electrons. The summed E-state index contributed by atoms with van der Waals surface area (Å²) in [6, 6.07) is 0. The van der Waals surface area contributed by atoms with Gasteiger partial charge in [-0.1, -0.05) is 0 Å². The maximum Gasteiger partial charge on any atom is 4.00 e. The van der Waals surface area contributed by atoms with Gasteiger partial charge in [-0.3, -0.25) is 0 Å². The molecule has 0 aliphatic carbocycles. The van der Waals surface area contributed by atoms with Gasteiger partial charge in [0, 0.05) is 0 Å². The van der Waals surface area contributed by atoms with Crippen LogP contribution in [0.25, 0.3) is 0 Å². The third-order valence-corrected chi connectivity index (χ3v) is 0. The van der Waals surface area contributed by atoms with Crippen molar-refractivity contribution < 1.29 is 51.0 Å². The van der Waals surface area contributed by atoms with Gasteiger partial charge in [0.2, 0.25) is 0 Å². The molecule has 0 spiro atoms. The molecule has 0 rings (SSSR count). The van der Waals surface area contributed by atoms with Crippen LogP contribution in [0.5, 0.6) is 0 Å². The van der Waals surface area contributed by atoms with Gasteiger partial charge in [0.25, 0.3) is 0 Å². The van der Waals surface area contributed by atoms with Gasteiger partial charge in [-0.25, -0.2) is 0 Å². The summed E-state index contributed by atoms with van der Waals surface area (Å²) in [5.41, 5.74) is 0. The van der Waals surface area contributed by atoms with Crippen LogP contribution in [0.4, 0.5) is 0 Å². The van der Waals surface area contributed by atoms with Gasteiger partial charge in [-0.15, -0.1) is 0 Å². The van der Waals surface area contributed by atoms with Crippen molar-refractivity contribution in [3.8, 4) is 0 Å². The molecule has 39 valence electrons. The molecule has 0 saturated carbocycles. The molecule has 0 bridgehead atoms. The molecule has 0 saturated heterocycles. The van der Waals surface area contributed by atoms with Crippen molar-refractivity contribution >= 4 is 11.0 Å². The van der Waals surface area contributed by atoms with Crippen LogP contribution in [0.1, 0.15) is 0 Å². The summed E-state index contributed by atoms with van der Waals surface area (Å²) < 4.78 is 0. The number of hydrogen-bond donors (Lipinski definition) is 0. The smallest absolute Gasteiger partial charge is 1.00 e. The minimum atomic E-state index is 0. The Morgan fingerprint density at radius 1 is 0.667 bits per heavy atom. The normalized spacial score (nSPS) is 0. The Kier molecular flexibility index (Phi) is 1550. The molecule has 0 nitrogen and oxygen atoms in total. The predicted octanol–water partition coefficient (Wildman–Crippen LogP) is -6.28. The second-order valence-corrected chi connectivity index (χ2v) is 0. The van der Waals surface area contributed by atoms with Gasteiger partial charge < -0.3 is 39.7 Å². The molecule has 6 heavy (non-hydrogen) atoms. The van der Waals surface area contributed by atoms with Crippen molar-refractivity contribution in [2.45, 2.75) is 0 Å². The van der Waals surface area contributed by atoms with Gasteiger partial charge in [0.1, 0.15) is 0 Å². The standard InChI is InChI=1S/2CH3.2ClH.H3Si.Zr/h2*1H3;2*1H;1H3;/q2*-1;;;;+4/p-2. The fourth-order valence-electron chi connectivity index (χ4n) is 0. The number of rotatable bonds is 0. The summed E-state index contributed by atoms with van der Waals surface area (Å²) in [4.78, 5) is 0. The summed E-state index contributed by atoms with van der Waals surface area (Å²) >= 11 is 0. The van der Waals surface area contributed by atoms with E-state index in [4.69, 9.17) is 0 Å². The van der Waals surface area contributed by atoms with Crippen LogP contribution in [0.15, 0.2) is 0 Å². The van der Waals surface area contributed by atoms with Crippen LogP contribution in [0.2, 0.25) is 0 Å². The fourth-order valence-corrected chi connectivity index (χ4v) is 0. The first-order chi connectivity index (χ1) is 0. The molecule has 0 atom stereocenters. The predicted molar refractivity (Wildman–Crippen MR) is 22.8 cm³/mol. The van der Waals surface area contributed by atoms with E-state index in [9.17, 15) is 0 Å². The van der Waals surface area contributed by atoms with E-state index in [1.54, 1.807) is 0 Å². The van der Waals surface area contributed by atoms with Crippen LogP contribution < -0.4 is 24.8 Å². The summed E-state index contributed by atoms with van der Waals surface area (Å²) in [6.45, 7) is 0. The van der Waals surface area contributed by atoms with Gasteiger partial charge in [0.05, 0.1) is 0 Å². The molecule has 0 N–H and O–H groups in total. The van der Waals surface area contributed by atoms with Crippen LogP contribution in [0, 0.1) is 14.9 Å². The third-order valence-electron chi connectivity index (χ3n) is 0. The van der Waals surface area contributed by atoms with Crippen molar-refractivity contribution in [3.05, 3.63) is 14.9 Å². The van der Waals surface area contributed by atoms with Gasteiger partial charge in [-0.05, 0) is 11.0 Å². The fraction of sp³-hybridized carbons (Fsp3) is 0. The van der Waals surface area contributed by atoms with Crippen molar-refractivity contribution in [2.75, 3.05) is 0 Å². The van der Waals surface area contributed by atoms with E-state index >= 15 is 0 Å². The maximum absolute atomic E-state index is 0. The minimum absolute atomic E-state index is 0. The van der Waals surface area contributed by atoms with Gasteiger partial charge in [-0.2, -0.15) is 0 Å².